The van der Waals surface area contributed by atoms with Gasteiger partial charge in [0.05, 0.1) is 11.7 Å². The molecule has 2 aromatic rings. The highest BCUT2D eigenvalue weighted by atomic mass is 16.3. The van der Waals surface area contributed by atoms with Crippen LogP contribution in [0.4, 0.5) is 0 Å². The summed E-state index contributed by atoms with van der Waals surface area (Å²) in [4.78, 5) is 2.31. The molecule has 0 radical (unpaired) electrons. The first-order valence-corrected chi connectivity index (χ1v) is 8.95. The van der Waals surface area contributed by atoms with E-state index in [0.29, 0.717) is 12.8 Å². The van der Waals surface area contributed by atoms with Crippen molar-refractivity contribution >= 4 is 0 Å². The quantitative estimate of drug-likeness (QED) is 0.782. The summed E-state index contributed by atoms with van der Waals surface area (Å²) in [5, 5.41) is 30.8. The molecular weight excluding hydrogens is 314 g/mol. The Morgan fingerprint density at radius 3 is 2.20 bits per heavy atom. The second kappa shape index (κ2) is 7.56. The van der Waals surface area contributed by atoms with E-state index in [-0.39, 0.29) is 11.7 Å². The Morgan fingerprint density at radius 2 is 1.60 bits per heavy atom. The fourth-order valence-electron chi connectivity index (χ4n) is 3.65. The van der Waals surface area contributed by atoms with Crippen LogP contribution in [0.25, 0.3) is 0 Å². The van der Waals surface area contributed by atoms with Crippen LogP contribution in [0.5, 0.6) is 5.75 Å². The van der Waals surface area contributed by atoms with E-state index < -0.39 is 11.7 Å². The van der Waals surface area contributed by atoms with Crippen molar-refractivity contribution in [3.8, 4) is 5.75 Å². The maximum absolute atomic E-state index is 10.9. The Balaban J connectivity index is 1.55. The predicted octanol–water partition coefficient (Wildman–Crippen LogP) is 3.05. The third-order valence-corrected chi connectivity index (χ3v) is 5.31. The van der Waals surface area contributed by atoms with Gasteiger partial charge in [-0.15, -0.1) is 0 Å². The number of nitrogens with zero attached hydrogens (tertiary/aromatic N) is 1. The van der Waals surface area contributed by atoms with E-state index in [4.69, 9.17) is 0 Å². The molecular formula is C21H27NO3. The first-order chi connectivity index (χ1) is 12.0. The van der Waals surface area contributed by atoms with Gasteiger partial charge < -0.3 is 20.2 Å². The zero-order valence-electron chi connectivity index (χ0n) is 14.7. The van der Waals surface area contributed by atoms with Crippen molar-refractivity contribution in [3.05, 3.63) is 65.7 Å². The number of likely N-dealkylation sites (tertiary alicyclic amines) is 1. The minimum absolute atomic E-state index is 0.0764. The zero-order valence-corrected chi connectivity index (χ0v) is 14.7. The highest BCUT2D eigenvalue weighted by molar-refractivity contribution is 5.27. The number of piperidine rings is 1. The van der Waals surface area contributed by atoms with Gasteiger partial charge in [-0.05, 0) is 42.0 Å². The Labute approximate surface area is 149 Å². The molecule has 134 valence electrons. The molecule has 0 saturated carbocycles. The van der Waals surface area contributed by atoms with Crippen LogP contribution in [0.2, 0.25) is 0 Å². The van der Waals surface area contributed by atoms with Crippen LogP contribution >= 0.6 is 0 Å². The zero-order chi connectivity index (χ0) is 17.9. The smallest absolute Gasteiger partial charge is 0.115 e. The SMILES string of the molecule is C[C@H](CN1CCC(O)(c2ccccc2)CC1)[C@H](O)c1ccc(O)cc1. The summed E-state index contributed by atoms with van der Waals surface area (Å²) < 4.78 is 0. The molecule has 1 fully saturated rings. The molecule has 2 aromatic carbocycles. The number of aliphatic hydroxyl groups excluding tert-OH is 1. The molecule has 4 nitrogen and oxygen atoms in total. The number of aliphatic hydroxyl groups is 2. The van der Waals surface area contributed by atoms with Crippen LogP contribution in [0.15, 0.2) is 54.6 Å². The van der Waals surface area contributed by atoms with Gasteiger partial charge in [-0.25, -0.2) is 0 Å². The standard InChI is InChI=1S/C21H27NO3/c1-16(20(24)17-7-9-19(23)10-8-17)15-22-13-11-21(25,12-14-22)18-5-3-2-4-6-18/h2-10,16,20,23-25H,11-15H2,1H3/t16-,20+/m1/s1. The normalized spacial score (nSPS) is 20.1. The number of hydrogen-bond donors (Lipinski definition) is 3. The van der Waals surface area contributed by atoms with Crippen molar-refractivity contribution in [3.63, 3.8) is 0 Å². The van der Waals surface area contributed by atoms with Crippen molar-refractivity contribution in [1.29, 1.82) is 0 Å². The van der Waals surface area contributed by atoms with Crippen molar-refractivity contribution in [2.24, 2.45) is 5.92 Å². The number of aromatic hydroxyl groups is 1. The van der Waals surface area contributed by atoms with Crippen molar-refractivity contribution in [2.75, 3.05) is 19.6 Å². The minimum atomic E-state index is -0.740. The van der Waals surface area contributed by atoms with E-state index >= 15 is 0 Å². The summed E-state index contributed by atoms with van der Waals surface area (Å²) in [6.07, 6.45) is 0.855. The maximum Gasteiger partial charge on any atom is 0.115 e. The lowest BCUT2D eigenvalue weighted by Crippen LogP contribution is -2.44. The van der Waals surface area contributed by atoms with Crippen molar-refractivity contribution < 1.29 is 15.3 Å². The molecule has 2 atom stereocenters. The molecule has 1 aliphatic heterocycles. The summed E-state index contributed by atoms with van der Waals surface area (Å²) in [6, 6.07) is 16.6. The van der Waals surface area contributed by atoms with Gasteiger partial charge in [0.2, 0.25) is 0 Å². The monoisotopic (exact) mass is 341 g/mol. The molecule has 0 aromatic heterocycles. The number of hydrogen-bond acceptors (Lipinski definition) is 4. The molecule has 3 N–H and O–H groups in total. The van der Waals surface area contributed by atoms with E-state index in [1.165, 1.54) is 0 Å². The molecule has 1 aliphatic rings. The van der Waals surface area contributed by atoms with Gasteiger partial charge in [0.25, 0.3) is 0 Å². The first-order valence-electron chi connectivity index (χ1n) is 8.95. The Kier molecular flexibility index (Phi) is 5.42. The van der Waals surface area contributed by atoms with Gasteiger partial charge in [0, 0.05) is 19.6 Å². The molecule has 4 heteroatoms. The summed E-state index contributed by atoms with van der Waals surface area (Å²) in [5.41, 5.74) is 1.08. The molecule has 0 spiro atoms. The summed E-state index contributed by atoms with van der Waals surface area (Å²) in [6.45, 7) is 4.46. The topological polar surface area (TPSA) is 63.9 Å². The molecule has 3 rings (SSSR count). The lowest BCUT2D eigenvalue weighted by atomic mass is 9.84. The van der Waals surface area contributed by atoms with Gasteiger partial charge in [0.1, 0.15) is 5.75 Å². The lowest BCUT2D eigenvalue weighted by molar-refractivity contribution is -0.0331. The van der Waals surface area contributed by atoms with Crippen LogP contribution in [0.1, 0.15) is 37.0 Å². The van der Waals surface area contributed by atoms with Gasteiger partial charge in [-0.2, -0.15) is 0 Å². The van der Waals surface area contributed by atoms with Crippen molar-refractivity contribution in [1.82, 2.24) is 4.90 Å². The van der Waals surface area contributed by atoms with Crippen LogP contribution in [-0.4, -0.2) is 39.9 Å². The fraction of sp³-hybridized carbons (Fsp3) is 0.429. The maximum atomic E-state index is 10.9. The highest BCUT2D eigenvalue weighted by Crippen LogP contribution is 2.33. The van der Waals surface area contributed by atoms with Gasteiger partial charge in [-0.3, -0.25) is 0 Å². The van der Waals surface area contributed by atoms with E-state index in [1.807, 2.05) is 37.3 Å². The van der Waals surface area contributed by atoms with E-state index in [9.17, 15) is 15.3 Å². The third kappa shape index (κ3) is 4.21. The van der Waals surface area contributed by atoms with E-state index in [2.05, 4.69) is 4.90 Å². The molecule has 0 bridgehead atoms. The van der Waals surface area contributed by atoms with Gasteiger partial charge in [0.15, 0.2) is 0 Å². The largest absolute Gasteiger partial charge is 0.508 e. The second-order valence-electron chi connectivity index (χ2n) is 7.21. The molecule has 0 unspecified atom stereocenters. The predicted molar refractivity (Wildman–Crippen MR) is 98.2 cm³/mol. The average molecular weight is 341 g/mol. The number of phenols is 1. The Morgan fingerprint density at radius 1 is 1.00 bits per heavy atom. The summed E-state index contributed by atoms with van der Waals surface area (Å²) >= 11 is 0. The van der Waals surface area contributed by atoms with Crippen LogP contribution in [0, 0.1) is 5.92 Å². The van der Waals surface area contributed by atoms with Gasteiger partial charge >= 0.3 is 0 Å². The highest BCUT2D eigenvalue weighted by Gasteiger charge is 2.34. The Hall–Kier alpha value is -1.88. The Bertz CT molecular complexity index is 663. The third-order valence-electron chi connectivity index (χ3n) is 5.31. The lowest BCUT2D eigenvalue weighted by Gasteiger charge is -2.40. The minimum Gasteiger partial charge on any atom is -0.508 e. The second-order valence-corrected chi connectivity index (χ2v) is 7.21. The molecule has 0 amide bonds. The first kappa shape index (κ1) is 17.9. The van der Waals surface area contributed by atoms with Crippen molar-refractivity contribution in [2.45, 2.75) is 31.5 Å². The number of rotatable bonds is 5. The molecule has 1 saturated heterocycles. The average Bonchev–Trinajstić information content (AvgIpc) is 2.64. The molecule has 0 aliphatic carbocycles. The summed E-state index contributed by atoms with van der Waals surface area (Å²) in [7, 11) is 0. The number of benzene rings is 2. The van der Waals surface area contributed by atoms with Crippen LogP contribution in [-0.2, 0) is 5.60 Å². The summed E-state index contributed by atoms with van der Waals surface area (Å²) in [5.74, 6) is 0.285. The molecule has 1 heterocycles. The molecule has 25 heavy (non-hydrogen) atoms. The van der Waals surface area contributed by atoms with Crippen LogP contribution < -0.4 is 0 Å². The van der Waals surface area contributed by atoms with Crippen LogP contribution in [0.3, 0.4) is 0 Å². The van der Waals surface area contributed by atoms with E-state index in [1.54, 1.807) is 24.3 Å². The number of phenolic OH excluding ortho intramolecular Hbond substituents is 1. The van der Waals surface area contributed by atoms with E-state index in [0.717, 1.165) is 30.8 Å². The van der Waals surface area contributed by atoms with Gasteiger partial charge in [-0.1, -0.05) is 49.4 Å². The fourth-order valence-corrected chi connectivity index (χ4v) is 3.65.